The molecule has 23 heavy (non-hydrogen) atoms. The van der Waals surface area contributed by atoms with E-state index < -0.39 is 0 Å². The average Bonchev–Trinajstić information content (AvgIpc) is 2.56. The second kappa shape index (κ2) is 7.18. The second-order valence-electron chi connectivity index (χ2n) is 5.98. The van der Waals surface area contributed by atoms with Crippen LogP contribution in [0.2, 0.25) is 0 Å². The maximum absolute atomic E-state index is 12.2. The minimum Gasteiger partial charge on any atom is -0.371 e. The summed E-state index contributed by atoms with van der Waals surface area (Å²) in [5.41, 5.74) is 4.67. The Labute approximate surface area is 145 Å². The van der Waals surface area contributed by atoms with E-state index in [9.17, 15) is 4.79 Å². The lowest BCUT2D eigenvalue weighted by molar-refractivity contribution is -0.116. The Morgan fingerprint density at radius 1 is 1.26 bits per heavy atom. The van der Waals surface area contributed by atoms with Crippen molar-refractivity contribution in [2.75, 3.05) is 23.3 Å². The molecule has 1 aliphatic rings. The van der Waals surface area contributed by atoms with E-state index in [0.717, 1.165) is 41.7 Å². The highest BCUT2D eigenvalue weighted by molar-refractivity contribution is 9.10. The number of halogens is 1. The zero-order valence-electron chi connectivity index (χ0n) is 13.3. The van der Waals surface area contributed by atoms with Crippen molar-refractivity contribution in [3.05, 3.63) is 58.1 Å². The van der Waals surface area contributed by atoms with Gasteiger partial charge in [-0.2, -0.15) is 0 Å². The lowest BCUT2D eigenvalue weighted by Gasteiger charge is -2.31. The Kier molecular flexibility index (Phi) is 5.01. The third-order valence-corrected chi connectivity index (χ3v) is 5.13. The van der Waals surface area contributed by atoms with Crippen LogP contribution >= 0.6 is 15.9 Å². The Balaban J connectivity index is 1.58. The minimum atomic E-state index is 0.0591. The van der Waals surface area contributed by atoms with Gasteiger partial charge in [-0.1, -0.05) is 40.2 Å². The van der Waals surface area contributed by atoms with E-state index in [4.69, 9.17) is 0 Å². The predicted octanol–water partition coefficient (Wildman–Crippen LogP) is 4.54. The molecule has 0 spiro atoms. The van der Waals surface area contributed by atoms with Crippen molar-refractivity contribution in [3.8, 4) is 0 Å². The number of hydrogen-bond donors (Lipinski definition) is 1. The van der Waals surface area contributed by atoms with Crippen molar-refractivity contribution in [1.29, 1.82) is 0 Å². The first kappa shape index (κ1) is 16.1. The normalized spacial score (nSPS) is 13.6. The zero-order chi connectivity index (χ0) is 16.2. The molecule has 0 saturated carbocycles. The molecule has 0 fully saturated rings. The number of para-hydroxylation sites is 1. The second-order valence-corrected chi connectivity index (χ2v) is 6.84. The van der Waals surface area contributed by atoms with Crippen LogP contribution in [0.3, 0.4) is 0 Å². The fraction of sp³-hybridized carbons (Fsp3) is 0.316. The predicted molar refractivity (Wildman–Crippen MR) is 99.1 cm³/mol. The Morgan fingerprint density at radius 3 is 2.91 bits per heavy atom. The first-order chi connectivity index (χ1) is 11.1. The number of nitrogens with zero attached hydrogens (tertiary/aromatic N) is 1. The molecule has 0 saturated heterocycles. The number of amides is 1. The van der Waals surface area contributed by atoms with Crippen molar-refractivity contribution >= 4 is 33.2 Å². The summed E-state index contributed by atoms with van der Waals surface area (Å²) in [7, 11) is 0. The van der Waals surface area contributed by atoms with Crippen LogP contribution in [-0.4, -0.2) is 19.0 Å². The molecule has 0 aliphatic carbocycles. The van der Waals surface area contributed by atoms with Gasteiger partial charge in [-0.25, -0.2) is 0 Å². The quantitative estimate of drug-likeness (QED) is 0.854. The lowest BCUT2D eigenvalue weighted by atomic mass is 10.0. The first-order valence-corrected chi connectivity index (χ1v) is 8.81. The molecule has 120 valence electrons. The number of aryl methyl sites for hydroxylation is 2. The summed E-state index contributed by atoms with van der Waals surface area (Å²) in [6.07, 6.45) is 2.79. The van der Waals surface area contributed by atoms with Crippen molar-refractivity contribution in [3.63, 3.8) is 0 Å². The molecule has 1 amide bonds. The van der Waals surface area contributed by atoms with Gasteiger partial charge in [-0.3, -0.25) is 4.79 Å². The summed E-state index contributed by atoms with van der Waals surface area (Å²) < 4.78 is 1.01. The van der Waals surface area contributed by atoms with Crippen molar-refractivity contribution < 1.29 is 4.79 Å². The highest BCUT2D eigenvalue weighted by atomic mass is 79.9. The molecule has 2 aromatic rings. The molecule has 0 aromatic heterocycles. The third-order valence-electron chi connectivity index (χ3n) is 4.27. The number of anilines is 2. The van der Waals surface area contributed by atoms with E-state index in [1.807, 2.05) is 25.1 Å². The Bertz CT molecular complexity index is 714. The van der Waals surface area contributed by atoms with Crippen LogP contribution in [0.15, 0.2) is 46.9 Å². The van der Waals surface area contributed by atoms with Gasteiger partial charge < -0.3 is 10.2 Å². The maximum Gasteiger partial charge on any atom is 0.226 e. The van der Waals surface area contributed by atoms with E-state index in [0.29, 0.717) is 6.42 Å². The molecular weight excluding hydrogens is 352 g/mol. The largest absolute Gasteiger partial charge is 0.371 e. The number of carbonyl (C=O) groups excluding carboxylic acids is 1. The number of benzene rings is 2. The fourth-order valence-electron chi connectivity index (χ4n) is 2.97. The van der Waals surface area contributed by atoms with E-state index >= 15 is 0 Å². The fourth-order valence-corrected chi connectivity index (χ4v) is 3.35. The van der Waals surface area contributed by atoms with Crippen LogP contribution in [0.1, 0.15) is 24.0 Å². The molecule has 0 radical (unpaired) electrons. The van der Waals surface area contributed by atoms with E-state index in [2.05, 4.69) is 50.4 Å². The summed E-state index contributed by atoms with van der Waals surface area (Å²) >= 11 is 3.50. The van der Waals surface area contributed by atoms with Gasteiger partial charge in [-0.15, -0.1) is 0 Å². The van der Waals surface area contributed by atoms with Crippen LogP contribution in [-0.2, 0) is 11.2 Å². The number of fused-ring (bicyclic) bond motifs is 1. The van der Waals surface area contributed by atoms with Gasteiger partial charge in [-0.05, 0) is 49.1 Å². The number of hydrogen-bond acceptors (Lipinski definition) is 2. The first-order valence-electron chi connectivity index (χ1n) is 8.02. The van der Waals surface area contributed by atoms with Crippen LogP contribution in [0.25, 0.3) is 0 Å². The summed E-state index contributed by atoms with van der Waals surface area (Å²) in [4.78, 5) is 14.5. The molecule has 0 atom stereocenters. The monoisotopic (exact) mass is 372 g/mol. The molecule has 3 nitrogen and oxygen atoms in total. The average molecular weight is 373 g/mol. The maximum atomic E-state index is 12.2. The van der Waals surface area contributed by atoms with Crippen molar-refractivity contribution in [2.24, 2.45) is 0 Å². The van der Waals surface area contributed by atoms with E-state index in [-0.39, 0.29) is 5.91 Å². The van der Waals surface area contributed by atoms with Crippen LogP contribution in [0.4, 0.5) is 11.4 Å². The molecule has 1 aliphatic heterocycles. The Hall–Kier alpha value is -1.81. The van der Waals surface area contributed by atoms with Crippen molar-refractivity contribution in [1.82, 2.24) is 0 Å². The molecule has 1 heterocycles. The molecule has 1 N–H and O–H groups in total. The van der Waals surface area contributed by atoms with Gasteiger partial charge in [0.05, 0.1) is 0 Å². The molecule has 3 rings (SSSR count). The minimum absolute atomic E-state index is 0.0591. The Morgan fingerprint density at radius 2 is 2.09 bits per heavy atom. The van der Waals surface area contributed by atoms with Crippen molar-refractivity contribution in [2.45, 2.75) is 26.2 Å². The van der Waals surface area contributed by atoms with Gasteiger partial charge >= 0.3 is 0 Å². The molecule has 0 unspecified atom stereocenters. The van der Waals surface area contributed by atoms with Gasteiger partial charge in [0.25, 0.3) is 0 Å². The summed E-state index contributed by atoms with van der Waals surface area (Å²) in [5, 5.41) is 2.98. The van der Waals surface area contributed by atoms with E-state index in [1.165, 1.54) is 11.3 Å². The molecule has 2 aromatic carbocycles. The van der Waals surface area contributed by atoms with Gasteiger partial charge in [0.15, 0.2) is 0 Å². The summed E-state index contributed by atoms with van der Waals surface area (Å²) in [6.45, 7) is 3.82. The van der Waals surface area contributed by atoms with E-state index in [1.54, 1.807) is 0 Å². The highest BCUT2D eigenvalue weighted by Crippen LogP contribution is 2.26. The number of rotatable bonds is 4. The zero-order valence-corrected chi connectivity index (χ0v) is 14.9. The van der Waals surface area contributed by atoms with Crippen LogP contribution < -0.4 is 10.2 Å². The molecular formula is C19H21BrN2O. The van der Waals surface area contributed by atoms with Gasteiger partial charge in [0.1, 0.15) is 0 Å². The number of carbonyl (C=O) groups is 1. The molecule has 0 bridgehead atoms. The summed E-state index contributed by atoms with van der Waals surface area (Å²) in [5.74, 6) is 0.0591. The smallest absolute Gasteiger partial charge is 0.226 e. The standard InChI is InChI=1S/C19H21BrN2O/c1-14-8-9-16(13-17(14)20)21-19(23)10-12-22-11-4-6-15-5-2-3-7-18(15)22/h2-3,5,7-9,13H,4,6,10-12H2,1H3,(H,21,23). The third kappa shape index (κ3) is 3.94. The van der Waals surface area contributed by atoms with Crippen LogP contribution in [0.5, 0.6) is 0 Å². The SMILES string of the molecule is Cc1ccc(NC(=O)CCN2CCCc3ccccc32)cc1Br. The lowest BCUT2D eigenvalue weighted by Crippen LogP contribution is -2.32. The highest BCUT2D eigenvalue weighted by Gasteiger charge is 2.16. The van der Waals surface area contributed by atoms with Crippen LogP contribution in [0, 0.1) is 6.92 Å². The van der Waals surface area contributed by atoms with Gasteiger partial charge in [0, 0.05) is 35.4 Å². The molecule has 4 heteroatoms. The summed E-state index contributed by atoms with van der Waals surface area (Å²) in [6, 6.07) is 14.4. The van der Waals surface area contributed by atoms with Gasteiger partial charge in [0.2, 0.25) is 5.91 Å². The number of nitrogens with one attached hydrogen (secondary N) is 1. The topological polar surface area (TPSA) is 32.3 Å².